The third kappa shape index (κ3) is 2.47. The number of benzene rings is 1. The Morgan fingerprint density at radius 3 is 2.64 bits per heavy atom. The fraction of sp³-hybridized carbons (Fsp3) is 0.312. The van der Waals surface area contributed by atoms with Crippen LogP contribution in [0.25, 0.3) is 5.78 Å². The number of aromatic amines is 1. The maximum absolute atomic E-state index is 12.2. The molecule has 6 heteroatoms. The Labute approximate surface area is 128 Å². The number of nitrogens with zero attached hydrogens (tertiary/aromatic N) is 3. The highest BCUT2D eigenvalue weighted by atomic mass is 16.1. The van der Waals surface area contributed by atoms with Crippen LogP contribution in [0.1, 0.15) is 28.2 Å². The minimum absolute atomic E-state index is 0.104. The quantitative estimate of drug-likeness (QED) is 0.777. The first-order valence-electron chi connectivity index (χ1n) is 7.21. The standard InChI is InChI=1S/C16H19N5O/c1-9-5-6-13(7-10(9)2)17-8-14-19-16-18-12(4)11(3)15(22)21(16)20-14/h5-7,17H,8H2,1-4H3,(H,18,19,20). The number of aryl methyl sites for hydroxylation is 3. The summed E-state index contributed by atoms with van der Waals surface area (Å²) in [6, 6.07) is 6.20. The molecule has 0 bridgehead atoms. The van der Waals surface area contributed by atoms with Gasteiger partial charge in [-0.25, -0.2) is 4.98 Å². The number of anilines is 1. The van der Waals surface area contributed by atoms with Gasteiger partial charge in [0.2, 0.25) is 0 Å². The van der Waals surface area contributed by atoms with Crippen molar-refractivity contribution in [2.75, 3.05) is 5.32 Å². The van der Waals surface area contributed by atoms with Crippen molar-refractivity contribution in [3.63, 3.8) is 0 Å². The molecule has 6 nitrogen and oxygen atoms in total. The van der Waals surface area contributed by atoms with Crippen LogP contribution in [0.15, 0.2) is 23.0 Å². The summed E-state index contributed by atoms with van der Waals surface area (Å²) in [5, 5.41) is 6.30. The van der Waals surface area contributed by atoms with Gasteiger partial charge < -0.3 is 5.32 Å². The summed E-state index contributed by atoms with van der Waals surface area (Å²) in [5.41, 5.74) is 4.76. The van der Waals surface area contributed by atoms with E-state index in [1.165, 1.54) is 15.6 Å². The molecular weight excluding hydrogens is 278 g/mol. The van der Waals surface area contributed by atoms with Gasteiger partial charge in [-0.05, 0) is 51.0 Å². The molecule has 2 N–H and O–H groups in total. The predicted octanol–water partition coefficient (Wildman–Crippen LogP) is 2.26. The second-order valence-corrected chi connectivity index (χ2v) is 5.59. The average Bonchev–Trinajstić information content (AvgIpc) is 2.89. The van der Waals surface area contributed by atoms with E-state index in [1.807, 2.05) is 13.0 Å². The molecule has 2 heterocycles. The molecule has 0 aliphatic carbocycles. The van der Waals surface area contributed by atoms with Crippen molar-refractivity contribution < 1.29 is 0 Å². The number of fused-ring (bicyclic) bond motifs is 1. The van der Waals surface area contributed by atoms with E-state index in [2.05, 4.69) is 46.4 Å². The van der Waals surface area contributed by atoms with E-state index in [0.29, 0.717) is 29.4 Å². The van der Waals surface area contributed by atoms with E-state index in [4.69, 9.17) is 0 Å². The number of rotatable bonds is 3. The van der Waals surface area contributed by atoms with Crippen LogP contribution in [0.2, 0.25) is 0 Å². The number of hydrogen-bond donors (Lipinski definition) is 2. The van der Waals surface area contributed by atoms with E-state index >= 15 is 0 Å². The highest BCUT2D eigenvalue weighted by molar-refractivity contribution is 5.48. The van der Waals surface area contributed by atoms with Crippen molar-refractivity contribution >= 4 is 11.5 Å². The molecule has 3 rings (SSSR count). The van der Waals surface area contributed by atoms with Gasteiger partial charge in [-0.3, -0.25) is 9.89 Å². The molecule has 1 aromatic carbocycles. The molecule has 2 aromatic heterocycles. The van der Waals surface area contributed by atoms with Gasteiger partial charge in [0.1, 0.15) is 5.82 Å². The highest BCUT2D eigenvalue weighted by Gasteiger charge is 2.10. The van der Waals surface area contributed by atoms with Crippen LogP contribution < -0.4 is 10.9 Å². The third-order valence-electron chi connectivity index (χ3n) is 3.98. The van der Waals surface area contributed by atoms with Gasteiger partial charge in [-0.15, -0.1) is 0 Å². The third-order valence-corrected chi connectivity index (χ3v) is 3.98. The molecule has 3 aromatic rings. The Bertz CT molecular complexity index is 907. The fourth-order valence-corrected chi connectivity index (χ4v) is 2.26. The summed E-state index contributed by atoms with van der Waals surface area (Å²) in [4.78, 5) is 20.8. The van der Waals surface area contributed by atoms with E-state index in [-0.39, 0.29) is 5.56 Å². The molecule has 0 saturated carbocycles. The van der Waals surface area contributed by atoms with Gasteiger partial charge in [0.05, 0.1) is 6.54 Å². The summed E-state index contributed by atoms with van der Waals surface area (Å²) < 4.78 is 1.39. The normalized spacial score (nSPS) is 11.1. The number of H-pyrrole nitrogens is 1. The Morgan fingerprint density at radius 1 is 1.14 bits per heavy atom. The zero-order valence-corrected chi connectivity index (χ0v) is 13.2. The molecule has 0 aliphatic heterocycles. The minimum Gasteiger partial charge on any atom is -0.378 e. The van der Waals surface area contributed by atoms with E-state index in [0.717, 1.165) is 5.69 Å². The van der Waals surface area contributed by atoms with Gasteiger partial charge in [-0.1, -0.05) is 6.07 Å². The van der Waals surface area contributed by atoms with Crippen LogP contribution in [-0.2, 0) is 6.54 Å². The first-order chi connectivity index (χ1) is 10.5. The van der Waals surface area contributed by atoms with Crippen LogP contribution in [0, 0.1) is 27.7 Å². The molecule has 0 fully saturated rings. The predicted molar refractivity (Wildman–Crippen MR) is 86.3 cm³/mol. The van der Waals surface area contributed by atoms with E-state index in [1.54, 1.807) is 6.92 Å². The maximum Gasteiger partial charge on any atom is 0.277 e. The van der Waals surface area contributed by atoms with Gasteiger partial charge in [0.25, 0.3) is 11.3 Å². The Balaban J connectivity index is 1.87. The van der Waals surface area contributed by atoms with Gasteiger partial charge in [-0.2, -0.15) is 9.50 Å². The van der Waals surface area contributed by atoms with Crippen LogP contribution in [0.3, 0.4) is 0 Å². The monoisotopic (exact) mass is 297 g/mol. The van der Waals surface area contributed by atoms with Crippen molar-refractivity contribution in [1.82, 2.24) is 19.6 Å². The molecule has 0 unspecified atom stereocenters. The van der Waals surface area contributed by atoms with Crippen molar-refractivity contribution in [2.24, 2.45) is 0 Å². The fourth-order valence-electron chi connectivity index (χ4n) is 2.26. The summed E-state index contributed by atoms with van der Waals surface area (Å²) in [6.07, 6.45) is 0. The Hall–Kier alpha value is -2.63. The lowest BCUT2D eigenvalue weighted by molar-refractivity contribution is 0.841. The van der Waals surface area contributed by atoms with Crippen molar-refractivity contribution in [3.8, 4) is 0 Å². The summed E-state index contributed by atoms with van der Waals surface area (Å²) in [6.45, 7) is 8.25. The zero-order chi connectivity index (χ0) is 15.9. The number of nitrogens with one attached hydrogen (secondary N) is 2. The summed E-state index contributed by atoms with van der Waals surface area (Å²) in [5.74, 6) is 1.08. The van der Waals surface area contributed by atoms with Gasteiger partial charge >= 0.3 is 0 Å². The second-order valence-electron chi connectivity index (χ2n) is 5.59. The number of aromatic nitrogens is 4. The van der Waals surface area contributed by atoms with Crippen LogP contribution in [-0.4, -0.2) is 19.6 Å². The molecule has 0 atom stereocenters. The van der Waals surface area contributed by atoms with Crippen LogP contribution >= 0.6 is 0 Å². The second kappa shape index (κ2) is 5.29. The van der Waals surface area contributed by atoms with Crippen LogP contribution in [0.4, 0.5) is 5.69 Å². The topological polar surface area (TPSA) is 75.1 Å². The molecule has 0 amide bonds. The molecule has 114 valence electrons. The molecule has 22 heavy (non-hydrogen) atoms. The molecule has 0 spiro atoms. The lowest BCUT2D eigenvalue weighted by Crippen LogP contribution is -2.19. The Morgan fingerprint density at radius 2 is 1.91 bits per heavy atom. The summed E-state index contributed by atoms with van der Waals surface area (Å²) in [7, 11) is 0. The molecule has 0 saturated heterocycles. The maximum atomic E-state index is 12.2. The lowest BCUT2D eigenvalue weighted by atomic mass is 10.1. The van der Waals surface area contributed by atoms with Gasteiger partial charge in [0, 0.05) is 16.9 Å². The first kappa shape index (κ1) is 14.3. The SMILES string of the molecule is Cc1ccc(NCc2nc3nc(C)c(C)c(=O)n3[nH]2)cc1C. The Kier molecular flexibility index (Phi) is 3.44. The average molecular weight is 297 g/mol. The minimum atomic E-state index is -0.104. The molecular formula is C16H19N5O. The van der Waals surface area contributed by atoms with Crippen molar-refractivity contribution in [1.29, 1.82) is 0 Å². The van der Waals surface area contributed by atoms with Crippen molar-refractivity contribution in [2.45, 2.75) is 34.2 Å². The smallest absolute Gasteiger partial charge is 0.277 e. The van der Waals surface area contributed by atoms with E-state index in [9.17, 15) is 4.79 Å². The number of hydrogen-bond acceptors (Lipinski definition) is 4. The van der Waals surface area contributed by atoms with Crippen molar-refractivity contribution in [3.05, 3.63) is 56.8 Å². The largest absolute Gasteiger partial charge is 0.378 e. The van der Waals surface area contributed by atoms with E-state index < -0.39 is 0 Å². The van der Waals surface area contributed by atoms with Crippen LogP contribution in [0.5, 0.6) is 0 Å². The zero-order valence-electron chi connectivity index (χ0n) is 13.2. The first-order valence-corrected chi connectivity index (χ1v) is 7.21. The highest BCUT2D eigenvalue weighted by Crippen LogP contribution is 2.14. The lowest BCUT2D eigenvalue weighted by Gasteiger charge is -2.06. The molecule has 0 aliphatic rings. The van der Waals surface area contributed by atoms with Gasteiger partial charge in [0.15, 0.2) is 0 Å². The summed E-state index contributed by atoms with van der Waals surface area (Å²) >= 11 is 0. The molecule has 0 radical (unpaired) electrons.